The highest BCUT2D eigenvalue weighted by molar-refractivity contribution is 5.97. The van der Waals surface area contributed by atoms with Crippen LogP contribution in [0.2, 0.25) is 0 Å². The van der Waals surface area contributed by atoms with Gasteiger partial charge < -0.3 is 14.6 Å². The van der Waals surface area contributed by atoms with E-state index in [1.54, 1.807) is 30.1 Å². The Morgan fingerprint density at radius 2 is 2.18 bits per heavy atom. The van der Waals surface area contributed by atoms with Gasteiger partial charge in [-0.2, -0.15) is 0 Å². The fraction of sp³-hybridized carbons (Fsp3) is 0.400. The summed E-state index contributed by atoms with van der Waals surface area (Å²) in [6.07, 6.45) is 1.41. The maximum atomic E-state index is 12.3. The third kappa shape index (κ3) is 3.55. The van der Waals surface area contributed by atoms with E-state index in [1.807, 2.05) is 0 Å². The van der Waals surface area contributed by atoms with Crippen molar-refractivity contribution in [2.24, 2.45) is 0 Å². The predicted molar refractivity (Wildman–Crippen MR) is 84.0 cm³/mol. The number of amides is 2. The van der Waals surface area contributed by atoms with Crippen LogP contribution in [0.1, 0.15) is 30.1 Å². The Morgan fingerprint density at radius 1 is 1.41 bits per heavy atom. The van der Waals surface area contributed by atoms with Crippen LogP contribution in [0, 0.1) is 0 Å². The molecule has 2 rings (SSSR count). The first-order chi connectivity index (χ1) is 10.5. The SMILES string of the molecule is CCCCN(C)C(=O)c1ccc2nc(NC(=O)OC)[nH]c2c1. The van der Waals surface area contributed by atoms with Crippen LogP contribution in [0.3, 0.4) is 0 Å². The highest BCUT2D eigenvalue weighted by Crippen LogP contribution is 2.17. The minimum atomic E-state index is -0.602. The van der Waals surface area contributed by atoms with Gasteiger partial charge in [-0.25, -0.2) is 9.78 Å². The number of nitrogens with one attached hydrogen (secondary N) is 2. The molecular formula is C15H20N4O3. The van der Waals surface area contributed by atoms with E-state index in [-0.39, 0.29) is 11.9 Å². The fourth-order valence-electron chi connectivity index (χ4n) is 2.07. The molecule has 0 saturated heterocycles. The Labute approximate surface area is 128 Å². The first-order valence-corrected chi connectivity index (χ1v) is 7.15. The van der Waals surface area contributed by atoms with Crippen molar-refractivity contribution < 1.29 is 14.3 Å². The van der Waals surface area contributed by atoms with Crippen LogP contribution in [-0.4, -0.2) is 47.6 Å². The highest BCUT2D eigenvalue weighted by atomic mass is 16.5. The van der Waals surface area contributed by atoms with Crippen LogP contribution < -0.4 is 5.32 Å². The smallest absolute Gasteiger partial charge is 0.413 e. The molecule has 2 aromatic rings. The molecule has 0 bridgehead atoms. The number of rotatable bonds is 5. The number of imidazole rings is 1. The molecule has 1 aromatic carbocycles. The number of ether oxygens (including phenoxy) is 1. The summed E-state index contributed by atoms with van der Waals surface area (Å²) in [6, 6.07) is 5.21. The van der Waals surface area contributed by atoms with Crippen LogP contribution in [-0.2, 0) is 4.74 Å². The molecule has 0 aliphatic rings. The molecule has 0 radical (unpaired) electrons. The van der Waals surface area contributed by atoms with Gasteiger partial charge in [0.15, 0.2) is 0 Å². The number of carbonyl (C=O) groups is 2. The molecule has 0 saturated carbocycles. The summed E-state index contributed by atoms with van der Waals surface area (Å²) < 4.78 is 4.51. The highest BCUT2D eigenvalue weighted by Gasteiger charge is 2.13. The number of anilines is 1. The van der Waals surface area contributed by atoms with Gasteiger partial charge in [0.2, 0.25) is 5.95 Å². The first-order valence-electron chi connectivity index (χ1n) is 7.15. The summed E-state index contributed by atoms with van der Waals surface area (Å²) in [7, 11) is 3.07. The van der Waals surface area contributed by atoms with E-state index >= 15 is 0 Å². The number of fused-ring (bicyclic) bond motifs is 1. The molecule has 7 heteroatoms. The maximum Gasteiger partial charge on any atom is 0.413 e. The zero-order chi connectivity index (χ0) is 16.1. The normalized spacial score (nSPS) is 10.5. The molecule has 2 N–H and O–H groups in total. The fourth-order valence-corrected chi connectivity index (χ4v) is 2.07. The number of methoxy groups -OCH3 is 1. The lowest BCUT2D eigenvalue weighted by atomic mass is 10.1. The van der Waals surface area contributed by atoms with Gasteiger partial charge in [0.1, 0.15) is 0 Å². The Kier molecular flexibility index (Phi) is 4.98. The zero-order valence-corrected chi connectivity index (χ0v) is 13.0. The third-order valence-electron chi connectivity index (χ3n) is 3.33. The van der Waals surface area contributed by atoms with Crippen LogP contribution in [0.25, 0.3) is 11.0 Å². The minimum Gasteiger partial charge on any atom is -0.453 e. The van der Waals surface area contributed by atoms with Gasteiger partial charge in [-0.3, -0.25) is 10.1 Å². The molecule has 0 aliphatic heterocycles. The van der Waals surface area contributed by atoms with E-state index in [4.69, 9.17) is 0 Å². The van der Waals surface area contributed by atoms with Crippen LogP contribution in [0.4, 0.5) is 10.7 Å². The van der Waals surface area contributed by atoms with Gasteiger partial charge in [-0.15, -0.1) is 0 Å². The van der Waals surface area contributed by atoms with Gasteiger partial charge in [-0.05, 0) is 24.6 Å². The maximum absolute atomic E-state index is 12.3. The average molecular weight is 304 g/mol. The van der Waals surface area contributed by atoms with E-state index in [0.717, 1.165) is 19.4 Å². The van der Waals surface area contributed by atoms with Crippen LogP contribution >= 0.6 is 0 Å². The monoisotopic (exact) mass is 304 g/mol. The standard InChI is InChI=1S/C15H20N4O3/c1-4-5-8-19(2)13(20)10-6-7-11-12(9-10)17-14(16-11)18-15(21)22-3/h6-7,9H,4-5,8H2,1-3H3,(H2,16,17,18,21). The van der Waals surface area contributed by atoms with Gasteiger partial charge in [-0.1, -0.05) is 13.3 Å². The van der Waals surface area contributed by atoms with Gasteiger partial charge >= 0.3 is 6.09 Å². The van der Waals surface area contributed by atoms with Gasteiger partial charge in [0, 0.05) is 19.2 Å². The average Bonchev–Trinajstić information content (AvgIpc) is 2.92. The lowest BCUT2D eigenvalue weighted by Crippen LogP contribution is -2.27. The molecule has 1 heterocycles. The summed E-state index contributed by atoms with van der Waals surface area (Å²) in [6.45, 7) is 2.82. The lowest BCUT2D eigenvalue weighted by molar-refractivity contribution is 0.0793. The summed E-state index contributed by atoms with van der Waals surface area (Å²) in [5, 5.41) is 2.46. The first kappa shape index (κ1) is 15.8. The number of aromatic nitrogens is 2. The molecule has 0 atom stereocenters. The molecule has 22 heavy (non-hydrogen) atoms. The second-order valence-corrected chi connectivity index (χ2v) is 5.01. The molecule has 118 valence electrons. The number of nitrogens with zero attached hydrogens (tertiary/aromatic N) is 2. The molecular weight excluding hydrogens is 284 g/mol. The van der Waals surface area contributed by atoms with E-state index in [1.165, 1.54) is 7.11 Å². The van der Waals surface area contributed by atoms with Gasteiger partial charge in [0.25, 0.3) is 5.91 Å². The third-order valence-corrected chi connectivity index (χ3v) is 3.33. The molecule has 0 fully saturated rings. The number of carbonyl (C=O) groups excluding carboxylic acids is 2. The molecule has 2 amide bonds. The number of H-pyrrole nitrogens is 1. The number of hydrogen-bond donors (Lipinski definition) is 2. The number of unbranched alkanes of at least 4 members (excludes halogenated alkanes) is 1. The lowest BCUT2D eigenvalue weighted by Gasteiger charge is -2.16. The predicted octanol–water partition coefficient (Wildman–Crippen LogP) is 2.61. The Bertz CT molecular complexity index is 680. The Hall–Kier alpha value is -2.57. The molecule has 0 spiro atoms. The minimum absolute atomic E-state index is 0.0348. The summed E-state index contributed by atoms with van der Waals surface area (Å²) in [5.41, 5.74) is 1.93. The van der Waals surface area contributed by atoms with E-state index in [2.05, 4.69) is 26.9 Å². The molecule has 7 nitrogen and oxygen atoms in total. The number of benzene rings is 1. The van der Waals surface area contributed by atoms with Gasteiger partial charge in [0.05, 0.1) is 18.1 Å². The topological polar surface area (TPSA) is 87.3 Å². The largest absolute Gasteiger partial charge is 0.453 e. The quantitative estimate of drug-likeness (QED) is 0.889. The zero-order valence-electron chi connectivity index (χ0n) is 13.0. The van der Waals surface area contributed by atoms with E-state index in [0.29, 0.717) is 16.6 Å². The molecule has 0 unspecified atom stereocenters. The second-order valence-electron chi connectivity index (χ2n) is 5.01. The van der Waals surface area contributed by atoms with Crippen LogP contribution in [0.15, 0.2) is 18.2 Å². The van der Waals surface area contributed by atoms with E-state index < -0.39 is 6.09 Å². The number of hydrogen-bond acceptors (Lipinski definition) is 4. The second kappa shape index (κ2) is 6.93. The van der Waals surface area contributed by atoms with Crippen molar-refractivity contribution in [1.82, 2.24) is 14.9 Å². The Morgan fingerprint density at radius 3 is 2.86 bits per heavy atom. The summed E-state index contributed by atoms with van der Waals surface area (Å²) in [4.78, 5) is 32.3. The molecule has 1 aromatic heterocycles. The van der Waals surface area contributed by atoms with Crippen molar-refractivity contribution in [2.45, 2.75) is 19.8 Å². The van der Waals surface area contributed by atoms with Crippen molar-refractivity contribution in [3.05, 3.63) is 23.8 Å². The Balaban J connectivity index is 2.19. The summed E-state index contributed by atoms with van der Waals surface area (Å²) >= 11 is 0. The summed E-state index contributed by atoms with van der Waals surface area (Å²) in [5.74, 6) is 0.248. The number of aromatic amines is 1. The van der Waals surface area contributed by atoms with Crippen molar-refractivity contribution >= 4 is 29.0 Å². The van der Waals surface area contributed by atoms with Crippen molar-refractivity contribution in [1.29, 1.82) is 0 Å². The van der Waals surface area contributed by atoms with Crippen molar-refractivity contribution in [3.63, 3.8) is 0 Å². The van der Waals surface area contributed by atoms with Crippen molar-refractivity contribution in [2.75, 3.05) is 26.0 Å². The van der Waals surface area contributed by atoms with E-state index in [9.17, 15) is 9.59 Å². The van der Waals surface area contributed by atoms with Crippen LogP contribution in [0.5, 0.6) is 0 Å². The van der Waals surface area contributed by atoms with Crippen molar-refractivity contribution in [3.8, 4) is 0 Å². The molecule has 0 aliphatic carbocycles.